The molecular formula is C7H13N3. The minimum atomic E-state index is 0.927. The van der Waals surface area contributed by atoms with Crippen LogP contribution in [-0.2, 0) is 13.0 Å². The molecule has 3 heteroatoms. The fourth-order valence-electron chi connectivity index (χ4n) is 0.832. The van der Waals surface area contributed by atoms with E-state index in [9.17, 15) is 0 Å². The zero-order valence-electron chi connectivity index (χ0n) is 6.54. The van der Waals surface area contributed by atoms with E-state index < -0.39 is 0 Å². The molecule has 1 heterocycles. The maximum absolute atomic E-state index is 4.22. The van der Waals surface area contributed by atoms with Gasteiger partial charge in [-0.3, -0.25) is 4.68 Å². The lowest BCUT2D eigenvalue weighted by atomic mass is 10.5. The largest absolute Gasteiger partial charge is 0.253 e. The number of hydrogen-bond donors (Lipinski definition) is 0. The molecule has 10 heavy (non-hydrogen) atoms. The maximum Gasteiger partial charge on any atom is 0.150 e. The molecule has 0 aromatic carbocycles. The predicted molar refractivity (Wildman–Crippen MR) is 39.7 cm³/mol. The predicted octanol–water partition coefficient (Wildman–Crippen LogP) is 1.25. The molecule has 0 spiro atoms. The molecule has 0 saturated carbocycles. The topological polar surface area (TPSA) is 30.7 Å². The normalized spacial score (nSPS) is 10.2. The zero-order chi connectivity index (χ0) is 7.40. The second-order valence-corrected chi connectivity index (χ2v) is 2.28. The highest BCUT2D eigenvalue weighted by Gasteiger charge is 1.94. The van der Waals surface area contributed by atoms with Crippen LogP contribution < -0.4 is 0 Å². The molecule has 0 bridgehead atoms. The average molecular weight is 139 g/mol. The van der Waals surface area contributed by atoms with Crippen molar-refractivity contribution in [2.75, 3.05) is 0 Å². The molecule has 1 aromatic heterocycles. The van der Waals surface area contributed by atoms with Gasteiger partial charge < -0.3 is 0 Å². The third-order valence-electron chi connectivity index (χ3n) is 1.35. The van der Waals surface area contributed by atoms with Crippen molar-refractivity contribution in [1.82, 2.24) is 14.8 Å². The Morgan fingerprint density at radius 2 is 2.30 bits per heavy atom. The summed E-state index contributed by atoms with van der Waals surface area (Å²) in [4.78, 5) is 4.11. The molecule has 1 aromatic rings. The molecule has 0 fully saturated rings. The smallest absolute Gasteiger partial charge is 0.150 e. The Kier molecular flexibility index (Phi) is 2.42. The van der Waals surface area contributed by atoms with Crippen molar-refractivity contribution < 1.29 is 0 Å². The minimum absolute atomic E-state index is 0.927. The van der Waals surface area contributed by atoms with Crippen molar-refractivity contribution in [3.63, 3.8) is 0 Å². The van der Waals surface area contributed by atoms with E-state index in [1.54, 1.807) is 6.33 Å². The third-order valence-corrected chi connectivity index (χ3v) is 1.35. The van der Waals surface area contributed by atoms with Gasteiger partial charge in [0.15, 0.2) is 0 Å². The van der Waals surface area contributed by atoms with Crippen LogP contribution in [0.2, 0.25) is 0 Å². The Morgan fingerprint density at radius 3 is 2.80 bits per heavy atom. The van der Waals surface area contributed by atoms with Gasteiger partial charge in [0.2, 0.25) is 0 Å². The molecule has 0 atom stereocenters. The third kappa shape index (κ3) is 1.56. The van der Waals surface area contributed by atoms with Crippen molar-refractivity contribution in [3.8, 4) is 0 Å². The van der Waals surface area contributed by atoms with E-state index in [0.717, 1.165) is 25.2 Å². The summed E-state index contributed by atoms with van der Waals surface area (Å²) < 4.78 is 1.89. The summed E-state index contributed by atoms with van der Waals surface area (Å²) in [6, 6.07) is 0. The van der Waals surface area contributed by atoms with Gasteiger partial charge >= 0.3 is 0 Å². The van der Waals surface area contributed by atoms with Crippen molar-refractivity contribution in [2.45, 2.75) is 33.2 Å². The van der Waals surface area contributed by atoms with E-state index in [1.807, 2.05) is 4.68 Å². The van der Waals surface area contributed by atoms with Crippen molar-refractivity contribution in [2.24, 2.45) is 0 Å². The highest BCUT2D eigenvalue weighted by atomic mass is 15.3. The molecule has 0 unspecified atom stereocenters. The monoisotopic (exact) mass is 139 g/mol. The summed E-state index contributed by atoms with van der Waals surface area (Å²) >= 11 is 0. The highest BCUT2D eigenvalue weighted by Crippen LogP contribution is 1.91. The van der Waals surface area contributed by atoms with E-state index in [-0.39, 0.29) is 0 Å². The molecule has 0 amide bonds. The van der Waals surface area contributed by atoms with Gasteiger partial charge in [-0.2, -0.15) is 5.10 Å². The summed E-state index contributed by atoms with van der Waals surface area (Å²) in [7, 11) is 0. The van der Waals surface area contributed by atoms with Gasteiger partial charge in [-0.05, 0) is 6.42 Å². The first-order chi connectivity index (χ1) is 4.86. The van der Waals surface area contributed by atoms with E-state index in [4.69, 9.17) is 0 Å². The van der Waals surface area contributed by atoms with Crippen LogP contribution in [0.3, 0.4) is 0 Å². The Bertz CT molecular complexity index is 192. The lowest BCUT2D eigenvalue weighted by Gasteiger charge is -1.92. The van der Waals surface area contributed by atoms with Crippen LogP contribution in [-0.4, -0.2) is 14.8 Å². The zero-order valence-corrected chi connectivity index (χ0v) is 6.54. The summed E-state index contributed by atoms with van der Waals surface area (Å²) in [5.74, 6) is 0.938. The molecular weight excluding hydrogens is 126 g/mol. The van der Waals surface area contributed by atoms with E-state index in [1.165, 1.54) is 0 Å². The summed E-state index contributed by atoms with van der Waals surface area (Å²) in [5.41, 5.74) is 0. The average Bonchev–Trinajstić information content (AvgIpc) is 2.37. The van der Waals surface area contributed by atoms with E-state index in [0.29, 0.717) is 0 Å². The quantitative estimate of drug-likeness (QED) is 0.631. The van der Waals surface area contributed by atoms with Gasteiger partial charge in [0.1, 0.15) is 12.2 Å². The van der Waals surface area contributed by atoms with Crippen molar-refractivity contribution >= 4 is 0 Å². The van der Waals surface area contributed by atoms with Crippen LogP contribution in [0.1, 0.15) is 26.1 Å². The standard InChI is InChI=1S/C7H13N3/c1-3-5-10-6-8-7(4-2)9-10/h6H,3-5H2,1-2H3. The highest BCUT2D eigenvalue weighted by molar-refractivity contribution is 4.79. The lowest BCUT2D eigenvalue weighted by Crippen LogP contribution is -1.97. The molecule has 0 aliphatic rings. The summed E-state index contributed by atoms with van der Waals surface area (Å²) in [6.07, 6.45) is 3.84. The van der Waals surface area contributed by atoms with Crippen LogP contribution in [0.25, 0.3) is 0 Å². The Labute approximate surface area is 61.1 Å². The Balaban J connectivity index is 2.59. The maximum atomic E-state index is 4.22. The van der Waals surface area contributed by atoms with Crippen molar-refractivity contribution in [1.29, 1.82) is 0 Å². The lowest BCUT2D eigenvalue weighted by molar-refractivity contribution is 0.594. The molecule has 56 valence electrons. The fraction of sp³-hybridized carbons (Fsp3) is 0.714. The van der Waals surface area contributed by atoms with E-state index in [2.05, 4.69) is 23.9 Å². The van der Waals surface area contributed by atoms with Crippen LogP contribution in [0.15, 0.2) is 6.33 Å². The minimum Gasteiger partial charge on any atom is -0.253 e. The summed E-state index contributed by atoms with van der Waals surface area (Å²) in [6.45, 7) is 5.17. The van der Waals surface area contributed by atoms with Crippen LogP contribution in [0.5, 0.6) is 0 Å². The fourth-order valence-corrected chi connectivity index (χ4v) is 0.832. The van der Waals surface area contributed by atoms with Crippen molar-refractivity contribution in [3.05, 3.63) is 12.2 Å². The molecule has 0 N–H and O–H groups in total. The number of aromatic nitrogens is 3. The van der Waals surface area contributed by atoms with Gasteiger partial charge in [0.25, 0.3) is 0 Å². The number of nitrogens with zero attached hydrogens (tertiary/aromatic N) is 3. The molecule has 0 aliphatic carbocycles. The van der Waals surface area contributed by atoms with Gasteiger partial charge in [-0.25, -0.2) is 4.98 Å². The molecule has 0 radical (unpaired) electrons. The molecule has 1 rings (SSSR count). The Morgan fingerprint density at radius 1 is 1.50 bits per heavy atom. The van der Waals surface area contributed by atoms with E-state index >= 15 is 0 Å². The van der Waals surface area contributed by atoms with Gasteiger partial charge in [-0.1, -0.05) is 13.8 Å². The second kappa shape index (κ2) is 3.34. The second-order valence-electron chi connectivity index (χ2n) is 2.28. The van der Waals surface area contributed by atoms with Crippen LogP contribution in [0.4, 0.5) is 0 Å². The first kappa shape index (κ1) is 7.25. The number of hydrogen-bond acceptors (Lipinski definition) is 2. The van der Waals surface area contributed by atoms with Crippen LogP contribution >= 0.6 is 0 Å². The number of aryl methyl sites for hydroxylation is 2. The van der Waals surface area contributed by atoms with Gasteiger partial charge in [0, 0.05) is 13.0 Å². The van der Waals surface area contributed by atoms with Gasteiger partial charge in [-0.15, -0.1) is 0 Å². The Hall–Kier alpha value is -0.860. The van der Waals surface area contributed by atoms with Gasteiger partial charge in [0.05, 0.1) is 0 Å². The SMILES string of the molecule is CCCn1cnc(CC)n1. The molecule has 0 aliphatic heterocycles. The summed E-state index contributed by atoms with van der Waals surface area (Å²) in [5, 5.41) is 4.22. The van der Waals surface area contributed by atoms with Crippen LogP contribution in [0, 0.1) is 0 Å². The first-order valence-electron chi connectivity index (χ1n) is 3.75. The number of rotatable bonds is 3. The molecule has 3 nitrogen and oxygen atoms in total. The molecule has 0 saturated heterocycles. The first-order valence-corrected chi connectivity index (χ1v) is 3.75.